The number of ether oxygens (including phenoxy) is 4. The molecule has 0 atom stereocenters. The van der Waals surface area contributed by atoms with Gasteiger partial charge in [-0.3, -0.25) is 9.69 Å². The first-order valence-electron chi connectivity index (χ1n) is 10.2. The number of hydrogen-bond donors (Lipinski definition) is 0. The van der Waals surface area contributed by atoms with Gasteiger partial charge in [-0.2, -0.15) is 0 Å². The molecular weight excluding hydrogens is 396 g/mol. The zero-order chi connectivity index (χ0) is 21.5. The van der Waals surface area contributed by atoms with Crippen LogP contribution in [0.15, 0.2) is 42.3 Å². The summed E-state index contributed by atoms with van der Waals surface area (Å²) in [5.74, 6) is 2.31. The summed E-state index contributed by atoms with van der Waals surface area (Å²) in [6.07, 6.45) is 3.80. The van der Waals surface area contributed by atoms with E-state index in [-0.39, 0.29) is 5.78 Å². The summed E-state index contributed by atoms with van der Waals surface area (Å²) in [5, 5.41) is 0.998. The van der Waals surface area contributed by atoms with E-state index in [1.807, 2.05) is 48.2 Å². The Balaban J connectivity index is 1.51. The smallest absolute Gasteiger partial charge is 0.231 e. The summed E-state index contributed by atoms with van der Waals surface area (Å²) in [6.45, 7) is 2.49. The normalized spacial score (nSPS) is 16.9. The molecule has 2 aromatic carbocycles. The van der Waals surface area contributed by atoms with Gasteiger partial charge in [-0.1, -0.05) is 0 Å². The molecule has 3 heterocycles. The van der Waals surface area contributed by atoms with Crippen LogP contribution in [0.5, 0.6) is 17.2 Å². The Morgan fingerprint density at radius 2 is 2.06 bits per heavy atom. The van der Waals surface area contributed by atoms with Gasteiger partial charge in [0.05, 0.1) is 24.8 Å². The van der Waals surface area contributed by atoms with Crippen LogP contribution >= 0.6 is 0 Å². The SMILES string of the molecule is COCCN1COc2ccc3c(c2C1)O/C(=C\c1cn(C)c2ccc(OC)cc12)C3=O. The predicted octanol–water partition coefficient (Wildman–Crippen LogP) is 3.60. The lowest BCUT2D eigenvalue weighted by Crippen LogP contribution is -2.34. The number of hydrogen-bond acceptors (Lipinski definition) is 6. The van der Waals surface area contributed by atoms with E-state index in [9.17, 15) is 4.79 Å². The molecule has 0 unspecified atom stereocenters. The zero-order valence-corrected chi connectivity index (χ0v) is 17.8. The maximum absolute atomic E-state index is 13.1. The van der Waals surface area contributed by atoms with E-state index in [1.54, 1.807) is 20.3 Å². The quantitative estimate of drug-likeness (QED) is 0.588. The van der Waals surface area contributed by atoms with Crippen LogP contribution in [-0.2, 0) is 18.3 Å². The van der Waals surface area contributed by atoms with Gasteiger partial charge in [0.25, 0.3) is 0 Å². The summed E-state index contributed by atoms with van der Waals surface area (Å²) >= 11 is 0. The number of methoxy groups -OCH3 is 2. The van der Waals surface area contributed by atoms with E-state index in [0.717, 1.165) is 40.1 Å². The van der Waals surface area contributed by atoms with Gasteiger partial charge < -0.3 is 23.5 Å². The van der Waals surface area contributed by atoms with Crippen LogP contribution in [0.2, 0.25) is 0 Å². The van der Waals surface area contributed by atoms with Gasteiger partial charge in [0.2, 0.25) is 5.78 Å². The predicted molar refractivity (Wildman–Crippen MR) is 117 cm³/mol. The fourth-order valence-corrected chi connectivity index (χ4v) is 4.15. The van der Waals surface area contributed by atoms with Crippen molar-refractivity contribution in [1.82, 2.24) is 9.47 Å². The van der Waals surface area contributed by atoms with Crippen molar-refractivity contribution < 1.29 is 23.7 Å². The average Bonchev–Trinajstić information content (AvgIpc) is 3.28. The summed E-state index contributed by atoms with van der Waals surface area (Å²) < 4.78 is 24.6. The molecule has 7 heteroatoms. The molecule has 0 bridgehead atoms. The number of aryl methyl sites for hydroxylation is 1. The molecule has 0 aliphatic carbocycles. The summed E-state index contributed by atoms with van der Waals surface area (Å²) in [6, 6.07) is 9.54. The van der Waals surface area contributed by atoms with Crippen molar-refractivity contribution in [2.24, 2.45) is 7.05 Å². The summed E-state index contributed by atoms with van der Waals surface area (Å²) in [7, 11) is 5.30. The molecule has 31 heavy (non-hydrogen) atoms. The lowest BCUT2D eigenvalue weighted by atomic mass is 10.0. The van der Waals surface area contributed by atoms with Gasteiger partial charge in [-0.25, -0.2) is 0 Å². The van der Waals surface area contributed by atoms with E-state index < -0.39 is 0 Å². The Bertz CT molecular complexity index is 1210. The van der Waals surface area contributed by atoms with Crippen molar-refractivity contribution in [1.29, 1.82) is 0 Å². The second kappa shape index (κ2) is 7.76. The number of rotatable bonds is 5. The highest BCUT2D eigenvalue weighted by atomic mass is 16.5. The highest BCUT2D eigenvalue weighted by Crippen LogP contribution is 2.42. The monoisotopic (exact) mass is 420 g/mol. The van der Waals surface area contributed by atoms with Gasteiger partial charge in [-0.05, 0) is 36.4 Å². The molecule has 3 aromatic rings. The molecule has 0 N–H and O–H groups in total. The van der Waals surface area contributed by atoms with Crippen LogP contribution in [0.4, 0.5) is 0 Å². The molecule has 5 rings (SSSR count). The number of aromatic nitrogens is 1. The molecule has 0 saturated carbocycles. The number of Topliss-reactive ketones (excluding diaryl/α,β-unsaturated/α-hetero) is 1. The van der Waals surface area contributed by atoms with Crippen LogP contribution < -0.4 is 14.2 Å². The van der Waals surface area contributed by atoms with Gasteiger partial charge in [0.1, 0.15) is 24.0 Å². The van der Waals surface area contributed by atoms with Crippen molar-refractivity contribution in [3.8, 4) is 17.2 Å². The number of allylic oxidation sites excluding steroid dienone is 1. The van der Waals surface area contributed by atoms with E-state index in [2.05, 4.69) is 4.90 Å². The Morgan fingerprint density at radius 3 is 2.87 bits per heavy atom. The highest BCUT2D eigenvalue weighted by molar-refractivity contribution is 6.15. The Labute approximate surface area is 180 Å². The first kappa shape index (κ1) is 19.7. The average molecular weight is 420 g/mol. The Morgan fingerprint density at radius 1 is 1.19 bits per heavy atom. The van der Waals surface area contributed by atoms with E-state index >= 15 is 0 Å². The summed E-state index contributed by atoms with van der Waals surface area (Å²) in [4.78, 5) is 15.2. The lowest BCUT2D eigenvalue weighted by Gasteiger charge is -2.29. The Hall–Kier alpha value is -3.29. The minimum Gasteiger partial charge on any atom is -0.497 e. The molecule has 2 aliphatic rings. The van der Waals surface area contributed by atoms with Gasteiger partial charge in [0.15, 0.2) is 5.76 Å². The zero-order valence-electron chi connectivity index (χ0n) is 17.8. The first-order chi connectivity index (χ1) is 15.1. The van der Waals surface area contributed by atoms with Crippen molar-refractivity contribution in [3.05, 3.63) is 59.0 Å². The molecular formula is C24H24N2O5. The van der Waals surface area contributed by atoms with E-state index in [1.165, 1.54) is 0 Å². The molecule has 2 aliphatic heterocycles. The minimum absolute atomic E-state index is 0.119. The number of carbonyl (C=O) groups is 1. The van der Waals surface area contributed by atoms with Crippen molar-refractivity contribution >= 4 is 22.8 Å². The molecule has 1 aromatic heterocycles. The van der Waals surface area contributed by atoms with Crippen LogP contribution in [0.1, 0.15) is 21.5 Å². The first-order valence-corrected chi connectivity index (χ1v) is 10.2. The van der Waals surface area contributed by atoms with Crippen LogP contribution in [0, 0.1) is 0 Å². The largest absolute Gasteiger partial charge is 0.497 e. The fourth-order valence-electron chi connectivity index (χ4n) is 4.15. The fraction of sp³-hybridized carbons (Fsp3) is 0.292. The maximum Gasteiger partial charge on any atom is 0.231 e. The van der Waals surface area contributed by atoms with E-state index in [4.69, 9.17) is 18.9 Å². The van der Waals surface area contributed by atoms with Crippen molar-refractivity contribution in [3.63, 3.8) is 0 Å². The summed E-state index contributed by atoms with van der Waals surface area (Å²) in [5.41, 5.74) is 3.42. The minimum atomic E-state index is -0.119. The standard InChI is InChI=1S/C24H24N2O5/c1-25-12-15(18-11-16(29-3)4-6-20(18)25)10-22-23(27)17-5-7-21-19(24(17)31-22)13-26(14-30-21)8-9-28-2/h4-7,10-12H,8-9,13-14H2,1-3H3/b22-10-. The maximum atomic E-state index is 13.1. The van der Waals surface area contributed by atoms with Crippen LogP contribution in [0.3, 0.4) is 0 Å². The third kappa shape index (κ3) is 3.36. The number of benzene rings is 2. The lowest BCUT2D eigenvalue weighted by molar-refractivity contribution is 0.0646. The van der Waals surface area contributed by atoms with Crippen LogP contribution in [0.25, 0.3) is 17.0 Å². The van der Waals surface area contributed by atoms with Gasteiger partial charge in [0, 0.05) is 49.9 Å². The molecule has 0 radical (unpaired) electrons. The number of nitrogens with zero attached hydrogens (tertiary/aromatic N) is 2. The van der Waals surface area contributed by atoms with Gasteiger partial charge in [-0.15, -0.1) is 0 Å². The molecule has 0 amide bonds. The second-order valence-electron chi connectivity index (χ2n) is 7.76. The molecule has 0 fully saturated rings. The molecule has 0 spiro atoms. The topological polar surface area (TPSA) is 62.2 Å². The Kier molecular flexibility index (Phi) is 4.92. The molecule has 160 valence electrons. The third-order valence-corrected chi connectivity index (χ3v) is 5.81. The number of carbonyl (C=O) groups excluding carboxylic acids is 1. The van der Waals surface area contributed by atoms with Crippen molar-refractivity contribution in [2.75, 3.05) is 34.1 Å². The highest BCUT2D eigenvalue weighted by Gasteiger charge is 2.33. The number of fused-ring (bicyclic) bond motifs is 4. The van der Waals surface area contributed by atoms with Crippen LogP contribution in [-0.4, -0.2) is 49.4 Å². The van der Waals surface area contributed by atoms with Gasteiger partial charge >= 0.3 is 0 Å². The number of ketones is 1. The second-order valence-corrected chi connectivity index (χ2v) is 7.76. The third-order valence-electron chi connectivity index (χ3n) is 5.81. The van der Waals surface area contributed by atoms with E-state index in [0.29, 0.717) is 37.0 Å². The molecule has 7 nitrogen and oxygen atoms in total. The molecule has 0 saturated heterocycles. The van der Waals surface area contributed by atoms with Crippen molar-refractivity contribution in [2.45, 2.75) is 6.54 Å².